The van der Waals surface area contributed by atoms with Crippen LogP contribution in [0.5, 0.6) is 0 Å². The van der Waals surface area contributed by atoms with E-state index in [0.29, 0.717) is 5.56 Å². The molecule has 0 spiro atoms. The van der Waals surface area contributed by atoms with Crippen LogP contribution in [0, 0.1) is 11.3 Å². The Hall–Kier alpha value is -1.73. The van der Waals surface area contributed by atoms with Gasteiger partial charge in [-0.1, -0.05) is 6.07 Å². The fourth-order valence-electron chi connectivity index (χ4n) is 1.16. The molecule has 0 atom stereocenters. The van der Waals surface area contributed by atoms with Crippen molar-refractivity contribution in [2.45, 2.75) is 0 Å². The summed E-state index contributed by atoms with van der Waals surface area (Å²) >= 11 is 3.30. The van der Waals surface area contributed by atoms with Gasteiger partial charge in [-0.3, -0.25) is 4.98 Å². The maximum absolute atomic E-state index is 8.63. The highest BCUT2D eigenvalue weighted by Crippen LogP contribution is 2.16. The van der Waals surface area contributed by atoms with Crippen molar-refractivity contribution in [1.82, 2.24) is 9.97 Å². The molecule has 72 valence electrons. The molecule has 0 bridgehead atoms. The van der Waals surface area contributed by atoms with Gasteiger partial charge < -0.3 is 0 Å². The zero-order valence-electron chi connectivity index (χ0n) is 7.68. The van der Waals surface area contributed by atoms with Crippen molar-refractivity contribution in [2.75, 3.05) is 0 Å². The summed E-state index contributed by atoms with van der Waals surface area (Å²) in [6.07, 6.45) is 1.54. The Morgan fingerprint density at radius 2 is 2.00 bits per heavy atom. The predicted molar refractivity (Wildman–Crippen MR) is 59.9 cm³/mol. The number of hydrogen-bond acceptors (Lipinski definition) is 3. The molecule has 2 heterocycles. The van der Waals surface area contributed by atoms with E-state index >= 15 is 0 Å². The second kappa shape index (κ2) is 4.20. The van der Waals surface area contributed by atoms with Crippen LogP contribution in [-0.4, -0.2) is 9.97 Å². The Balaban J connectivity index is 2.42. The quantitative estimate of drug-likeness (QED) is 0.741. The van der Waals surface area contributed by atoms with E-state index in [4.69, 9.17) is 5.26 Å². The van der Waals surface area contributed by atoms with Gasteiger partial charge in [0.1, 0.15) is 10.7 Å². The number of halogens is 1. The molecule has 0 N–H and O–H groups in total. The topological polar surface area (TPSA) is 49.6 Å². The predicted octanol–water partition coefficient (Wildman–Crippen LogP) is 2.78. The van der Waals surface area contributed by atoms with Crippen LogP contribution in [-0.2, 0) is 0 Å². The first kappa shape index (κ1) is 9.81. The molecule has 0 amide bonds. The van der Waals surface area contributed by atoms with E-state index in [9.17, 15) is 0 Å². The standard InChI is InChI=1S/C11H6BrN3/c12-11-3-1-2-10(15-11)9-5-4-8(6-13)7-14-9/h1-5,7H. The minimum absolute atomic E-state index is 0.550. The van der Waals surface area contributed by atoms with Crippen LogP contribution in [0.3, 0.4) is 0 Å². The molecule has 3 nitrogen and oxygen atoms in total. The molecule has 0 saturated heterocycles. The normalized spacial score (nSPS) is 9.60. The van der Waals surface area contributed by atoms with E-state index in [-0.39, 0.29) is 0 Å². The second-order valence-electron chi connectivity index (χ2n) is 2.89. The van der Waals surface area contributed by atoms with Crippen LogP contribution in [0.15, 0.2) is 41.1 Å². The number of nitriles is 1. The fraction of sp³-hybridized carbons (Fsp3) is 0. The molecule has 15 heavy (non-hydrogen) atoms. The molecule has 0 aromatic carbocycles. The number of rotatable bonds is 1. The minimum atomic E-state index is 0.550. The molecule has 2 rings (SSSR count). The SMILES string of the molecule is N#Cc1ccc(-c2cccc(Br)n2)nc1. The first-order valence-corrected chi connectivity index (χ1v) is 5.08. The van der Waals surface area contributed by atoms with Crippen LogP contribution in [0.2, 0.25) is 0 Å². The van der Waals surface area contributed by atoms with Crippen LogP contribution in [0.25, 0.3) is 11.4 Å². The fourth-order valence-corrected chi connectivity index (χ4v) is 1.51. The lowest BCUT2D eigenvalue weighted by molar-refractivity contribution is 1.22. The molecule has 0 aliphatic carbocycles. The monoisotopic (exact) mass is 259 g/mol. The maximum atomic E-state index is 8.63. The summed E-state index contributed by atoms with van der Waals surface area (Å²) < 4.78 is 0.770. The zero-order chi connectivity index (χ0) is 10.7. The van der Waals surface area contributed by atoms with Gasteiger partial charge in [-0.15, -0.1) is 0 Å². The summed E-state index contributed by atoms with van der Waals surface area (Å²) in [5.74, 6) is 0. The number of pyridine rings is 2. The average Bonchev–Trinajstić information content (AvgIpc) is 2.29. The summed E-state index contributed by atoms with van der Waals surface area (Å²) in [5, 5.41) is 8.63. The third kappa shape index (κ3) is 2.20. The summed E-state index contributed by atoms with van der Waals surface area (Å²) in [5.41, 5.74) is 2.10. The van der Waals surface area contributed by atoms with Crippen molar-refractivity contribution < 1.29 is 0 Å². The summed E-state index contributed by atoms with van der Waals surface area (Å²) in [7, 11) is 0. The van der Waals surface area contributed by atoms with Crippen molar-refractivity contribution >= 4 is 15.9 Å². The van der Waals surface area contributed by atoms with Gasteiger partial charge in [0.15, 0.2) is 0 Å². The lowest BCUT2D eigenvalue weighted by Gasteiger charge is -1.99. The molecule has 0 saturated carbocycles. The van der Waals surface area contributed by atoms with Crippen LogP contribution < -0.4 is 0 Å². The molecule has 4 heteroatoms. The summed E-state index contributed by atoms with van der Waals surface area (Å²) in [4.78, 5) is 8.43. The molecule has 2 aromatic rings. The van der Waals surface area contributed by atoms with Gasteiger partial charge in [0, 0.05) is 6.20 Å². The Morgan fingerprint density at radius 3 is 2.60 bits per heavy atom. The Bertz CT molecular complexity index is 514. The van der Waals surface area contributed by atoms with Crippen molar-refractivity contribution in [1.29, 1.82) is 5.26 Å². The van der Waals surface area contributed by atoms with Crippen LogP contribution >= 0.6 is 15.9 Å². The lowest BCUT2D eigenvalue weighted by atomic mass is 10.2. The Morgan fingerprint density at radius 1 is 1.13 bits per heavy atom. The van der Waals surface area contributed by atoms with Crippen molar-refractivity contribution in [3.05, 3.63) is 46.7 Å². The Kier molecular flexibility index (Phi) is 2.75. The highest BCUT2D eigenvalue weighted by Gasteiger charge is 2.01. The molecule has 0 fully saturated rings. The lowest BCUT2D eigenvalue weighted by Crippen LogP contribution is -1.87. The highest BCUT2D eigenvalue weighted by atomic mass is 79.9. The molecule has 2 aromatic heterocycles. The van der Waals surface area contributed by atoms with Crippen LogP contribution in [0.4, 0.5) is 0 Å². The number of nitrogens with zero attached hydrogens (tertiary/aromatic N) is 3. The van der Waals surface area contributed by atoms with Gasteiger partial charge in [-0.05, 0) is 40.2 Å². The molecular formula is C11H6BrN3. The highest BCUT2D eigenvalue weighted by molar-refractivity contribution is 9.10. The van der Waals surface area contributed by atoms with E-state index in [0.717, 1.165) is 16.0 Å². The van der Waals surface area contributed by atoms with E-state index in [2.05, 4.69) is 25.9 Å². The van der Waals surface area contributed by atoms with Gasteiger partial charge >= 0.3 is 0 Å². The zero-order valence-corrected chi connectivity index (χ0v) is 9.27. The third-order valence-corrected chi connectivity index (χ3v) is 2.31. The Labute approximate surface area is 95.6 Å². The van der Waals surface area contributed by atoms with Crippen molar-refractivity contribution in [3.8, 4) is 17.5 Å². The second-order valence-corrected chi connectivity index (χ2v) is 3.70. The van der Waals surface area contributed by atoms with Gasteiger partial charge in [-0.25, -0.2) is 4.98 Å². The minimum Gasteiger partial charge on any atom is -0.253 e. The first-order chi connectivity index (χ1) is 7.29. The van der Waals surface area contributed by atoms with Gasteiger partial charge in [0.2, 0.25) is 0 Å². The van der Waals surface area contributed by atoms with Crippen molar-refractivity contribution in [2.24, 2.45) is 0 Å². The molecule has 0 aliphatic heterocycles. The largest absolute Gasteiger partial charge is 0.253 e. The smallest absolute Gasteiger partial charge is 0.106 e. The van der Waals surface area contributed by atoms with Gasteiger partial charge in [0.25, 0.3) is 0 Å². The van der Waals surface area contributed by atoms with Gasteiger partial charge in [0.05, 0.1) is 17.0 Å². The maximum Gasteiger partial charge on any atom is 0.106 e. The summed E-state index contributed by atoms with van der Waals surface area (Å²) in [6, 6.07) is 11.2. The van der Waals surface area contributed by atoms with E-state index < -0.39 is 0 Å². The van der Waals surface area contributed by atoms with Crippen molar-refractivity contribution in [3.63, 3.8) is 0 Å². The van der Waals surface area contributed by atoms with E-state index in [1.165, 1.54) is 6.20 Å². The van der Waals surface area contributed by atoms with Crippen LogP contribution in [0.1, 0.15) is 5.56 Å². The average molecular weight is 260 g/mol. The number of hydrogen-bond donors (Lipinski definition) is 0. The molecule has 0 unspecified atom stereocenters. The molecule has 0 radical (unpaired) electrons. The molecule has 0 aliphatic rings. The first-order valence-electron chi connectivity index (χ1n) is 4.28. The van der Waals surface area contributed by atoms with E-state index in [1.807, 2.05) is 24.3 Å². The van der Waals surface area contributed by atoms with E-state index in [1.54, 1.807) is 12.1 Å². The number of aromatic nitrogens is 2. The van der Waals surface area contributed by atoms with Gasteiger partial charge in [-0.2, -0.15) is 5.26 Å². The summed E-state index contributed by atoms with van der Waals surface area (Å²) in [6.45, 7) is 0. The third-order valence-electron chi connectivity index (χ3n) is 1.87. The molecular weight excluding hydrogens is 254 g/mol.